The van der Waals surface area contributed by atoms with Gasteiger partial charge in [-0.05, 0) is 24.6 Å². The summed E-state index contributed by atoms with van der Waals surface area (Å²) in [6, 6.07) is 6.30. The van der Waals surface area contributed by atoms with Crippen molar-refractivity contribution in [3.05, 3.63) is 29.8 Å². The van der Waals surface area contributed by atoms with E-state index in [1.165, 1.54) is 16.4 Å². The lowest BCUT2D eigenvalue weighted by molar-refractivity contribution is -0.0226. The van der Waals surface area contributed by atoms with Gasteiger partial charge in [-0.15, -0.1) is 0 Å². The van der Waals surface area contributed by atoms with Gasteiger partial charge in [0.2, 0.25) is 10.0 Å². The highest BCUT2D eigenvalue weighted by Gasteiger charge is 2.28. The largest absolute Gasteiger partial charge is 0.379 e. The van der Waals surface area contributed by atoms with E-state index in [0.29, 0.717) is 51.6 Å². The topological polar surface area (TPSA) is 76.2 Å². The van der Waals surface area contributed by atoms with Crippen LogP contribution in [-0.4, -0.2) is 75.6 Å². The van der Waals surface area contributed by atoms with Crippen molar-refractivity contribution < 1.29 is 22.7 Å². The first kappa shape index (κ1) is 18.3. The van der Waals surface area contributed by atoms with Crippen LogP contribution in [0.4, 0.5) is 0 Å². The van der Waals surface area contributed by atoms with Crippen molar-refractivity contribution in [1.29, 1.82) is 0 Å². The number of hydrogen-bond donors (Lipinski definition) is 0. The summed E-state index contributed by atoms with van der Waals surface area (Å²) >= 11 is 0. The van der Waals surface area contributed by atoms with Crippen LogP contribution >= 0.6 is 0 Å². The molecule has 25 heavy (non-hydrogen) atoms. The number of carbonyl (C=O) groups is 1. The molecule has 0 radical (unpaired) electrons. The molecule has 7 nitrogen and oxygen atoms in total. The second-order valence-electron chi connectivity index (χ2n) is 6.20. The molecule has 2 aliphatic rings. The van der Waals surface area contributed by atoms with Crippen LogP contribution < -0.4 is 0 Å². The SMILES string of the molecule is CC[C@@H]1CN(C(=O)c2cccc(S(=O)(=O)N3CCOCC3)c2)CCO1. The molecule has 1 aromatic carbocycles. The summed E-state index contributed by atoms with van der Waals surface area (Å²) in [4.78, 5) is 14.6. The van der Waals surface area contributed by atoms with Crippen LogP contribution in [0.3, 0.4) is 0 Å². The second kappa shape index (κ2) is 7.82. The molecule has 0 N–H and O–H groups in total. The molecule has 1 aromatic rings. The lowest BCUT2D eigenvalue weighted by Crippen LogP contribution is -2.45. The third kappa shape index (κ3) is 4.03. The van der Waals surface area contributed by atoms with Crippen molar-refractivity contribution in [3.8, 4) is 0 Å². The normalized spacial score (nSPS) is 22.8. The molecule has 0 unspecified atom stereocenters. The Morgan fingerprint density at radius 3 is 2.68 bits per heavy atom. The van der Waals surface area contributed by atoms with Crippen molar-refractivity contribution in [2.75, 3.05) is 46.0 Å². The van der Waals surface area contributed by atoms with Crippen LogP contribution in [0.2, 0.25) is 0 Å². The molecule has 8 heteroatoms. The maximum atomic E-state index is 12.8. The standard InChI is InChI=1S/C17H24N2O5S/c1-2-15-13-18(6-11-24-15)17(20)14-4-3-5-16(12-14)25(21,22)19-7-9-23-10-8-19/h3-5,12,15H,2,6-11,13H2,1H3/t15-/m1/s1. The number of sulfonamides is 1. The van der Waals surface area contributed by atoms with Gasteiger partial charge in [0.25, 0.3) is 5.91 Å². The van der Waals surface area contributed by atoms with Crippen molar-refractivity contribution in [2.45, 2.75) is 24.3 Å². The predicted octanol–water partition coefficient (Wildman–Crippen LogP) is 0.958. The maximum Gasteiger partial charge on any atom is 0.254 e. The first-order valence-corrected chi connectivity index (χ1v) is 10.0. The van der Waals surface area contributed by atoms with Crippen LogP contribution in [0.5, 0.6) is 0 Å². The molecule has 1 atom stereocenters. The van der Waals surface area contributed by atoms with Crippen LogP contribution in [-0.2, 0) is 19.5 Å². The van der Waals surface area contributed by atoms with Crippen molar-refractivity contribution in [3.63, 3.8) is 0 Å². The van der Waals surface area contributed by atoms with Gasteiger partial charge in [0.05, 0.1) is 30.8 Å². The third-order valence-electron chi connectivity index (χ3n) is 4.57. The van der Waals surface area contributed by atoms with E-state index < -0.39 is 10.0 Å². The zero-order valence-corrected chi connectivity index (χ0v) is 15.2. The van der Waals surface area contributed by atoms with Crippen LogP contribution in [0.25, 0.3) is 0 Å². The summed E-state index contributed by atoms with van der Waals surface area (Å²) in [7, 11) is -3.61. The molecule has 0 bridgehead atoms. The van der Waals surface area contributed by atoms with E-state index in [1.54, 1.807) is 17.0 Å². The Kier molecular flexibility index (Phi) is 5.73. The van der Waals surface area contributed by atoms with Gasteiger partial charge in [-0.2, -0.15) is 4.31 Å². The van der Waals surface area contributed by atoms with Crippen LogP contribution in [0.1, 0.15) is 23.7 Å². The molecule has 0 aliphatic carbocycles. The number of hydrogen-bond acceptors (Lipinski definition) is 5. The summed E-state index contributed by atoms with van der Waals surface area (Å²) < 4.78 is 37.7. The lowest BCUT2D eigenvalue weighted by Gasteiger charge is -2.32. The number of morpholine rings is 2. The molecule has 138 valence electrons. The summed E-state index contributed by atoms with van der Waals surface area (Å²) in [5.41, 5.74) is 0.395. The first-order valence-electron chi connectivity index (χ1n) is 8.61. The highest BCUT2D eigenvalue weighted by Crippen LogP contribution is 2.20. The zero-order valence-electron chi connectivity index (χ0n) is 14.4. The molecule has 0 aromatic heterocycles. The highest BCUT2D eigenvalue weighted by atomic mass is 32.2. The second-order valence-corrected chi connectivity index (χ2v) is 8.13. The van der Waals surface area contributed by atoms with E-state index >= 15 is 0 Å². The zero-order chi connectivity index (χ0) is 17.9. The number of carbonyl (C=O) groups excluding carboxylic acids is 1. The highest BCUT2D eigenvalue weighted by molar-refractivity contribution is 7.89. The minimum atomic E-state index is -3.61. The lowest BCUT2D eigenvalue weighted by atomic mass is 10.1. The maximum absolute atomic E-state index is 12.8. The fourth-order valence-corrected chi connectivity index (χ4v) is 4.51. The summed E-state index contributed by atoms with van der Waals surface area (Å²) in [6.45, 7) is 5.05. The average Bonchev–Trinajstić information content (AvgIpc) is 2.68. The van der Waals surface area contributed by atoms with Gasteiger partial charge in [0.15, 0.2) is 0 Å². The molecular formula is C17H24N2O5S. The molecule has 0 saturated carbocycles. The van der Waals surface area contributed by atoms with E-state index in [2.05, 4.69) is 0 Å². The Balaban J connectivity index is 1.80. The van der Waals surface area contributed by atoms with E-state index in [1.807, 2.05) is 6.92 Å². The van der Waals surface area contributed by atoms with Crippen LogP contribution in [0, 0.1) is 0 Å². The van der Waals surface area contributed by atoms with Gasteiger partial charge in [0.1, 0.15) is 0 Å². The van der Waals surface area contributed by atoms with Gasteiger partial charge < -0.3 is 14.4 Å². The van der Waals surface area contributed by atoms with Gasteiger partial charge in [-0.25, -0.2) is 8.42 Å². The van der Waals surface area contributed by atoms with Crippen LogP contribution in [0.15, 0.2) is 29.2 Å². The molecule has 2 fully saturated rings. The molecule has 2 aliphatic heterocycles. The number of ether oxygens (including phenoxy) is 2. The number of rotatable bonds is 4. The Morgan fingerprint density at radius 2 is 1.96 bits per heavy atom. The van der Waals surface area contributed by atoms with E-state index in [-0.39, 0.29) is 16.9 Å². The fraction of sp³-hybridized carbons (Fsp3) is 0.588. The quantitative estimate of drug-likeness (QED) is 0.791. The average molecular weight is 368 g/mol. The molecule has 2 heterocycles. The minimum absolute atomic E-state index is 0.0398. The van der Waals surface area contributed by atoms with Crippen molar-refractivity contribution >= 4 is 15.9 Å². The summed E-state index contributed by atoms with van der Waals surface area (Å²) in [5.74, 6) is -0.152. The monoisotopic (exact) mass is 368 g/mol. The molecule has 0 spiro atoms. The minimum Gasteiger partial charge on any atom is -0.379 e. The Morgan fingerprint density at radius 1 is 1.20 bits per heavy atom. The number of nitrogens with zero attached hydrogens (tertiary/aromatic N) is 2. The summed E-state index contributed by atoms with van der Waals surface area (Å²) in [5, 5.41) is 0. The molecule has 2 saturated heterocycles. The molecule has 1 amide bonds. The van der Waals surface area contributed by atoms with E-state index in [4.69, 9.17) is 9.47 Å². The summed E-state index contributed by atoms with van der Waals surface area (Å²) in [6.07, 6.45) is 0.882. The van der Waals surface area contributed by atoms with Gasteiger partial charge in [-0.3, -0.25) is 4.79 Å². The van der Waals surface area contributed by atoms with E-state index in [0.717, 1.165) is 6.42 Å². The van der Waals surface area contributed by atoms with Gasteiger partial charge in [-0.1, -0.05) is 13.0 Å². The first-order chi connectivity index (χ1) is 12.0. The molecular weight excluding hydrogens is 344 g/mol. The predicted molar refractivity (Wildman–Crippen MR) is 92.0 cm³/mol. The van der Waals surface area contributed by atoms with Crippen molar-refractivity contribution in [2.24, 2.45) is 0 Å². The number of amides is 1. The fourth-order valence-electron chi connectivity index (χ4n) is 3.06. The van der Waals surface area contributed by atoms with Crippen molar-refractivity contribution in [1.82, 2.24) is 9.21 Å². The number of benzene rings is 1. The van der Waals surface area contributed by atoms with E-state index in [9.17, 15) is 13.2 Å². The Bertz CT molecular complexity index is 716. The molecule has 3 rings (SSSR count). The Hall–Kier alpha value is -1.48. The third-order valence-corrected chi connectivity index (χ3v) is 6.46. The van der Waals surface area contributed by atoms with Gasteiger partial charge >= 0.3 is 0 Å². The smallest absolute Gasteiger partial charge is 0.254 e. The van der Waals surface area contributed by atoms with Gasteiger partial charge in [0, 0.05) is 31.7 Å². The Labute approximate surface area is 148 Å².